The van der Waals surface area contributed by atoms with Crippen molar-refractivity contribution in [3.8, 4) is 0 Å². The standard InChI is InChI=1S/C18H41N3O/c1-6-7-8-9-12-18(22)17-21(15-10-13-19(2)3)16-11-14-20(4)5/h18,22H,6-17H2,1-5H3. The van der Waals surface area contributed by atoms with Crippen LogP contribution in [0, 0.1) is 0 Å². The molecule has 0 aromatic heterocycles. The summed E-state index contributed by atoms with van der Waals surface area (Å²) in [4.78, 5) is 6.93. The molecule has 0 aromatic rings. The van der Waals surface area contributed by atoms with Gasteiger partial charge in [-0.25, -0.2) is 0 Å². The van der Waals surface area contributed by atoms with Gasteiger partial charge in [0.05, 0.1) is 6.10 Å². The van der Waals surface area contributed by atoms with E-state index in [-0.39, 0.29) is 6.10 Å². The lowest BCUT2D eigenvalue weighted by molar-refractivity contribution is 0.0988. The molecule has 0 saturated carbocycles. The molecule has 0 amide bonds. The molecule has 1 atom stereocenters. The molecule has 0 aromatic carbocycles. The molecule has 0 saturated heterocycles. The molecule has 4 nitrogen and oxygen atoms in total. The van der Waals surface area contributed by atoms with E-state index in [1.54, 1.807) is 0 Å². The van der Waals surface area contributed by atoms with Gasteiger partial charge in [-0.15, -0.1) is 0 Å². The van der Waals surface area contributed by atoms with Crippen LogP contribution in [-0.2, 0) is 0 Å². The van der Waals surface area contributed by atoms with Gasteiger partial charge in [-0.2, -0.15) is 0 Å². The Morgan fingerprint density at radius 1 is 0.727 bits per heavy atom. The molecular formula is C18H41N3O. The fourth-order valence-corrected chi connectivity index (χ4v) is 2.71. The predicted molar refractivity (Wildman–Crippen MR) is 97.5 cm³/mol. The molecule has 0 spiro atoms. The molecular weight excluding hydrogens is 274 g/mol. The van der Waals surface area contributed by atoms with Crippen LogP contribution in [0.5, 0.6) is 0 Å². The van der Waals surface area contributed by atoms with Gasteiger partial charge < -0.3 is 19.8 Å². The molecule has 4 heteroatoms. The van der Waals surface area contributed by atoms with Crippen molar-refractivity contribution in [3.63, 3.8) is 0 Å². The molecule has 0 bridgehead atoms. The Morgan fingerprint density at radius 3 is 1.73 bits per heavy atom. The first-order chi connectivity index (χ1) is 10.5. The number of rotatable bonds is 15. The van der Waals surface area contributed by atoms with Crippen LogP contribution < -0.4 is 0 Å². The van der Waals surface area contributed by atoms with Gasteiger partial charge >= 0.3 is 0 Å². The van der Waals surface area contributed by atoms with Crippen LogP contribution in [0.15, 0.2) is 0 Å². The van der Waals surface area contributed by atoms with E-state index in [0.29, 0.717) is 0 Å². The summed E-state index contributed by atoms with van der Waals surface area (Å²) in [6.07, 6.45) is 8.13. The van der Waals surface area contributed by atoms with Crippen LogP contribution in [0.4, 0.5) is 0 Å². The van der Waals surface area contributed by atoms with Gasteiger partial charge in [0.2, 0.25) is 0 Å². The first-order valence-corrected chi connectivity index (χ1v) is 9.15. The normalized spacial score (nSPS) is 13.5. The first kappa shape index (κ1) is 21.8. The molecule has 0 aliphatic heterocycles. The van der Waals surface area contributed by atoms with Crippen molar-refractivity contribution >= 4 is 0 Å². The largest absolute Gasteiger partial charge is 0.392 e. The zero-order valence-electron chi connectivity index (χ0n) is 15.9. The molecule has 0 radical (unpaired) electrons. The smallest absolute Gasteiger partial charge is 0.0667 e. The number of hydrogen-bond donors (Lipinski definition) is 1. The molecule has 134 valence electrons. The first-order valence-electron chi connectivity index (χ1n) is 9.15. The number of aliphatic hydroxyl groups excluding tert-OH is 1. The van der Waals surface area contributed by atoms with Crippen LogP contribution in [0.3, 0.4) is 0 Å². The fourth-order valence-electron chi connectivity index (χ4n) is 2.71. The van der Waals surface area contributed by atoms with Crippen molar-refractivity contribution in [1.82, 2.24) is 14.7 Å². The van der Waals surface area contributed by atoms with Crippen molar-refractivity contribution < 1.29 is 5.11 Å². The summed E-state index contributed by atoms with van der Waals surface area (Å²) in [5.74, 6) is 0. The predicted octanol–water partition coefficient (Wildman–Crippen LogP) is 2.52. The van der Waals surface area contributed by atoms with Crippen LogP contribution >= 0.6 is 0 Å². The SMILES string of the molecule is CCCCCCC(O)CN(CCCN(C)C)CCCN(C)C. The van der Waals surface area contributed by atoms with Crippen molar-refractivity contribution in [2.45, 2.75) is 58.0 Å². The average molecular weight is 316 g/mol. The summed E-state index contributed by atoms with van der Waals surface area (Å²) < 4.78 is 0. The minimum Gasteiger partial charge on any atom is -0.392 e. The Balaban J connectivity index is 4.02. The summed E-state index contributed by atoms with van der Waals surface area (Å²) in [7, 11) is 8.50. The van der Waals surface area contributed by atoms with E-state index in [1.165, 1.54) is 32.1 Å². The zero-order valence-corrected chi connectivity index (χ0v) is 15.9. The van der Waals surface area contributed by atoms with E-state index in [2.05, 4.69) is 49.8 Å². The van der Waals surface area contributed by atoms with Crippen molar-refractivity contribution in [2.75, 3.05) is 60.9 Å². The maximum absolute atomic E-state index is 10.3. The second kappa shape index (κ2) is 14.4. The lowest BCUT2D eigenvalue weighted by Crippen LogP contribution is -2.36. The van der Waals surface area contributed by atoms with E-state index in [0.717, 1.165) is 45.6 Å². The Bertz CT molecular complexity index is 220. The molecule has 0 rings (SSSR count). The Kier molecular flexibility index (Phi) is 14.3. The molecule has 1 unspecified atom stereocenters. The topological polar surface area (TPSA) is 30.0 Å². The minimum absolute atomic E-state index is 0.157. The van der Waals surface area contributed by atoms with Crippen LogP contribution in [0.2, 0.25) is 0 Å². The lowest BCUT2D eigenvalue weighted by Gasteiger charge is -2.26. The molecule has 0 aliphatic carbocycles. The van der Waals surface area contributed by atoms with E-state index >= 15 is 0 Å². The summed E-state index contributed by atoms with van der Waals surface area (Å²) in [5.41, 5.74) is 0. The highest BCUT2D eigenvalue weighted by Gasteiger charge is 2.11. The minimum atomic E-state index is -0.157. The van der Waals surface area contributed by atoms with Gasteiger partial charge in [-0.1, -0.05) is 32.6 Å². The quantitative estimate of drug-likeness (QED) is 0.470. The van der Waals surface area contributed by atoms with E-state index < -0.39 is 0 Å². The second-order valence-electron chi connectivity index (χ2n) is 7.12. The molecule has 0 fully saturated rings. The maximum Gasteiger partial charge on any atom is 0.0667 e. The lowest BCUT2D eigenvalue weighted by atomic mass is 10.1. The summed E-state index contributed by atoms with van der Waals surface area (Å²) in [5, 5.41) is 10.3. The van der Waals surface area contributed by atoms with Gasteiger partial charge in [0.15, 0.2) is 0 Å². The molecule has 1 N–H and O–H groups in total. The van der Waals surface area contributed by atoms with Crippen LogP contribution in [0.1, 0.15) is 51.9 Å². The molecule has 22 heavy (non-hydrogen) atoms. The summed E-state index contributed by atoms with van der Waals surface area (Å²) >= 11 is 0. The van der Waals surface area contributed by atoms with E-state index in [4.69, 9.17) is 0 Å². The monoisotopic (exact) mass is 315 g/mol. The Hall–Kier alpha value is -0.160. The van der Waals surface area contributed by atoms with Gasteiger partial charge in [0, 0.05) is 6.54 Å². The van der Waals surface area contributed by atoms with Gasteiger partial charge in [-0.05, 0) is 73.6 Å². The third-order valence-electron chi connectivity index (χ3n) is 4.02. The van der Waals surface area contributed by atoms with Gasteiger partial charge in [0.1, 0.15) is 0 Å². The maximum atomic E-state index is 10.3. The fraction of sp³-hybridized carbons (Fsp3) is 1.00. The highest BCUT2D eigenvalue weighted by molar-refractivity contribution is 4.67. The van der Waals surface area contributed by atoms with E-state index in [1.807, 2.05) is 0 Å². The number of hydrogen-bond acceptors (Lipinski definition) is 4. The zero-order chi connectivity index (χ0) is 16.8. The van der Waals surface area contributed by atoms with Crippen LogP contribution in [-0.4, -0.2) is 86.8 Å². The van der Waals surface area contributed by atoms with Gasteiger partial charge in [-0.3, -0.25) is 0 Å². The highest BCUT2D eigenvalue weighted by atomic mass is 16.3. The molecule has 0 heterocycles. The van der Waals surface area contributed by atoms with Crippen LogP contribution in [0.25, 0.3) is 0 Å². The third kappa shape index (κ3) is 14.8. The van der Waals surface area contributed by atoms with Crippen molar-refractivity contribution in [3.05, 3.63) is 0 Å². The summed E-state index contributed by atoms with van der Waals surface area (Å²) in [6, 6.07) is 0. The Morgan fingerprint density at radius 2 is 1.27 bits per heavy atom. The number of aliphatic hydroxyl groups is 1. The molecule has 0 aliphatic rings. The number of unbranched alkanes of at least 4 members (excludes halogenated alkanes) is 3. The Labute approximate surface area is 139 Å². The summed E-state index contributed by atoms with van der Waals surface area (Å²) in [6.45, 7) is 7.50. The second-order valence-corrected chi connectivity index (χ2v) is 7.12. The van der Waals surface area contributed by atoms with Crippen molar-refractivity contribution in [2.24, 2.45) is 0 Å². The highest BCUT2D eigenvalue weighted by Crippen LogP contribution is 2.08. The van der Waals surface area contributed by atoms with Gasteiger partial charge in [0.25, 0.3) is 0 Å². The number of nitrogens with zero attached hydrogens (tertiary/aromatic N) is 3. The average Bonchev–Trinajstić information content (AvgIpc) is 2.42. The van der Waals surface area contributed by atoms with E-state index in [9.17, 15) is 5.11 Å². The van der Waals surface area contributed by atoms with Crippen molar-refractivity contribution in [1.29, 1.82) is 0 Å². The third-order valence-corrected chi connectivity index (χ3v) is 4.02.